The number of benzene rings is 3. The van der Waals surface area contributed by atoms with Crippen molar-refractivity contribution in [1.29, 1.82) is 0 Å². The van der Waals surface area contributed by atoms with E-state index in [9.17, 15) is 18.6 Å². The second-order valence-electron chi connectivity index (χ2n) is 8.13. The summed E-state index contributed by atoms with van der Waals surface area (Å²) in [6.07, 6.45) is 1.31. The second kappa shape index (κ2) is 11.7. The van der Waals surface area contributed by atoms with Crippen LogP contribution in [0.1, 0.15) is 22.7 Å². The highest BCUT2D eigenvalue weighted by Crippen LogP contribution is 2.30. The molecule has 0 amide bonds. The molecule has 0 aliphatic rings. The molecule has 0 heterocycles. The van der Waals surface area contributed by atoms with E-state index in [4.69, 9.17) is 4.74 Å². The number of aromatic hydroxyl groups is 1. The Bertz CT molecular complexity index is 1210. The quantitative estimate of drug-likeness (QED) is 0.269. The van der Waals surface area contributed by atoms with E-state index in [1.54, 1.807) is 13.2 Å². The zero-order valence-electron chi connectivity index (χ0n) is 19.0. The molecular formula is C25H29BrN2O5S. The average molecular weight is 549 g/mol. The number of nitrogens with one attached hydrogen (secondary N) is 2. The van der Waals surface area contributed by atoms with Gasteiger partial charge in [0.15, 0.2) is 0 Å². The predicted octanol–water partition coefficient (Wildman–Crippen LogP) is 4.01. The summed E-state index contributed by atoms with van der Waals surface area (Å²) < 4.78 is 31.5. The molecule has 3 rings (SSSR count). The lowest BCUT2D eigenvalue weighted by atomic mass is 9.98. The van der Waals surface area contributed by atoms with Gasteiger partial charge in [-0.15, -0.1) is 0 Å². The minimum absolute atomic E-state index is 0.0541. The Morgan fingerprint density at radius 1 is 1.00 bits per heavy atom. The third-order valence-corrected chi connectivity index (χ3v) is 6.50. The van der Waals surface area contributed by atoms with E-state index >= 15 is 0 Å². The number of phenols is 1. The van der Waals surface area contributed by atoms with Crippen LogP contribution in [0, 0.1) is 0 Å². The maximum Gasteiger partial charge on any atom is 0.229 e. The monoisotopic (exact) mass is 548 g/mol. The SMILES string of the molecule is COc1ccc(C(Cc2ccccc2)NCC(O)Cc2ccc(O)c(NS(C)(=O)=O)c2)cc1Br. The summed E-state index contributed by atoms with van der Waals surface area (Å²) in [6, 6.07) is 20.6. The minimum Gasteiger partial charge on any atom is -0.506 e. The lowest BCUT2D eigenvalue weighted by Gasteiger charge is -2.22. The summed E-state index contributed by atoms with van der Waals surface area (Å²) in [5.74, 6) is 0.572. The zero-order valence-corrected chi connectivity index (χ0v) is 21.4. The van der Waals surface area contributed by atoms with Crippen LogP contribution in [0.3, 0.4) is 0 Å². The summed E-state index contributed by atoms with van der Waals surface area (Å²) in [7, 11) is -1.91. The van der Waals surface area contributed by atoms with E-state index in [2.05, 4.69) is 38.1 Å². The standard InChI is InChI=1S/C25H29BrN2O5S/c1-33-25-11-9-19(15-21(25)26)22(13-17-6-4-3-5-7-17)27-16-20(29)12-18-8-10-24(30)23(14-18)28-34(2,31)32/h3-11,14-15,20,22,27-30H,12-13,16H2,1-2H3. The smallest absolute Gasteiger partial charge is 0.229 e. The summed E-state index contributed by atoms with van der Waals surface area (Å²) in [4.78, 5) is 0. The Labute approximate surface area is 209 Å². The van der Waals surface area contributed by atoms with Crippen LogP contribution < -0.4 is 14.8 Å². The van der Waals surface area contributed by atoms with Crippen molar-refractivity contribution in [2.75, 3.05) is 24.6 Å². The van der Waals surface area contributed by atoms with Crippen LogP contribution in [-0.4, -0.2) is 44.6 Å². The van der Waals surface area contributed by atoms with Gasteiger partial charge < -0.3 is 20.3 Å². The fourth-order valence-electron chi connectivity index (χ4n) is 3.67. The fraction of sp³-hybridized carbons (Fsp3) is 0.280. The van der Waals surface area contributed by atoms with Gasteiger partial charge in [0.2, 0.25) is 10.0 Å². The molecule has 0 fully saturated rings. The number of sulfonamides is 1. The topological polar surface area (TPSA) is 108 Å². The number of halogens is 1. The van der Waals surface area contributed by atoms with E-state index in [-0.39, 0.29) is 23.9 Å². The third-order valence-electron chi connectivity index (χ3n) is 5.29. The number of phenolic OH excluding ortho intramolecular Hbond substituents is 1. The van der Waals surface area contributed by atoms with E-state index in [0.717, 1.165) is 34.0 Å². The van der Waals surface area contributed by atoms with Crippen molar-refractivity contribution in [1.82, 2.24) is 5.32 Å². The Hall–Kier alpha value is -2.59. The van der Waals surface area contributed by atoms with Crippen molar-refractivity contribution < 1.29 is 23.4 Å². The Balaban J connectivity index is 1.72. The van der Waals surface area contributed by atoms with Gasteiger partial charge in [0.1, 0.15) is 11.5 Å². The molecule has 0 radical (unpaired) electrons. The number of hydrogen-bond donors (Lipinski definition) is 4. The van der Waals surface area contributed by atoms with Gasteiger partial charge in [-0.2, -0.15) is 0 Å². The lowest BCUT2D eigenvalue weighted by molar-refractivity contribution is 0.167. The van der Waals surface area contributed by atoms with Crippen molar-refractivity contribution in [3.05, 3.63) is 87.9 Å². The van der Waals surface area contributed by atoms with Crippen LogP contribution in [0.2, 0.25) is 0 Å². The summed E-state index contributed by atoms with van der Waals surface area (Å²) in [5.41, 5.74) is 3.00. The van der Waals surface area contributed by atoms with Gasteiger partial charge in [0, 0.05) is 12.6 Å². The van der Waals surface area contributed by atoms with Crippen LogP contribution >= 0.6 is 15.9 Å². The van der Waals surface area contributed by atoms with Crippen molar-refractivity contribution in [3.63, 3.8) is 0 Å². The van der Waals surface area contributed by atoms with Gasteiger partial charge in [0.25, 0.3) is 0 Å². The van der Waals surface area contributed by atoms with Crippen LogP contribution in [-0.2, 0) is 22.9 Å². The van der Waals surface area contributed by atoms with Gasteiger partial charge in [-0.05, 0) is 69.7 Å². The molecule has 0 saturated heterocycles. The first-order valence-corrected chi connectivity index (χ1v) is 13.4. The lowest BCUT2D eigenvalue weighted by Crippen LogP contribution is -2.32. The van der Waals surface area contributed by atoms with Gasteiger partial charge in [-0.3, -0.25) is 4.72 Å². The number of aliphatic hydroxyl groups excluding tert-OH is 1. The summed E-state index contributed by atoms with van der Waals surface area (Å²) >= 11 is 3.55. The van der Waals surface area contributed by atoms with E-state index in [1.807, 2.05) is 36.4 Å². The van der Waals surface area contributed by atoms with Crippen molar-refractivity contribution in [2.45, 2.75) is 25.0 Å². The van der Waals surface area contributed by atoms with Crippen molar-refractivity contribution >= 4 is 31.6 Å². The molecule has 0 aliphatic carbocycles. The Kier molecular flexibility index (Phi) is 8.96. The normalized spacial score (nSPS) is 13.3. The number of anilines is 1. The highest BCUT2D eigenvalue weighted by molar-refractivity contribution is 9.10. The molecule has 2 unspecified atom stereocenters. The number of methoxy groups -OCH3 is 1. The van der Waals surface area contributed by atoms with Crippen LogP contribution in [0.25, 0.3) is 0 Å². The largest absolute Gasteiger partial charge is 0.506 e. The van der Waals surface area contributed by atoms with Gasteiger partial charge in [-0.1, -0.05) is 42.5 Å². The molecule has 34 heavy (non-hydrogen) atoms. The van der Waals surface area contributed by atoms with E-state index < -0.39 is 16.1 Å². The van der Waals surface area contributed by atoms with E-state index in [0.29, 0.717) is 12.1 Å². The van der Waals surface area contributed by atoms with E-state index in [1.165, 1.54) is 12.1 Å². The molecule has 0 bridgehead atoms. The number of aliphatic hydroxyl groups is 1. The molecule has 182 valence electrons. The fourth-order valence-corrected chi connectivity index (χ4v) is 4.79. The van der Waals surface area contributed by atoms with Crippen molar-refractivity contribution in [2.24, 2.45) is 0 Å². The molecule has 2 atom stereocenters. The Morgan fingerprint density at radius 2 is 1.74 bits per heavy atom. The number of ether oxygens (including phenoxy) is 1. The van der Waals surface area contributed by atoms with Crippen LogP contribution in [0.15, 0.2) is 71.2 Å². The molecule has 3 aromatic carbocycles. The summed E-state index contributed by atoms with van der Waals surface area (Å²) in [6.45, 7) is 0.316. The molecule has 4 N–H and O–H groups in total. The van der Waals surface area contributed by atoms with Crippen LogP contribution in [0.4, 0.5) is 5.69 Å². The molecular weight excluding hydrogens is 520 g/mol. The minimum atomic E-state index is -3.53. The van der Waals surface area contributed by atoms with Gasteiger partial charge in [0.05, 0.1) is 29.6 Å². The number of rotatable bonds is 11. The second-order valence-corrected chi connectivity index (χ2v) is 10.7. The zero-order chi connectivity index (χ0) is 24.7. The highest BCUT2D eigenvalue weighted by atomic mass is 79.9. The third kappa shape index (κ3) is 7.73. The maximum atomic E-state index is 11.5. The first kappa shape index (κ1) is 26.0. The molecule has 0 aromatic heterocycles. The molecule has 0 saturated carbocycles. The molecule has 0 spiro atoms. The predicted molar refractivity (Wildman–Crippen MR) is 138 cm³/mol. The maximum absolute atomic E-state index is 11.5. The molecule has 9 heteroatoms. The van der Waals surface area contributed by atoms with Gasteiger partial charge >= 0.3 is 0 Å². The first-order chi connectivity index (χ1) is 16.1. The number of hydrogen-bond acceptors (Lipinski definition) is 6. The van der Waals surface area contributed by atoms with Crippen molar-refractivity contribution in [3.8, 4) is 11.5 Å². The Morgan fingerprint density at radius 3 is 2.38 bits per heavy atom. The van der Waals surface area contributed by atoms with Gasteiger partial charge in [-0.25, -0.2) is 8.42 Å². The molecule has 3 aromatic rings. The summed E-state index contributed by atoms with van der Waals surface area (Å²) in [5, 5.41) is 24.1. The molecule has 0 aliphatic heterocycles. The molecule has 7 nitrogen and oxygen atoms in total. The average Bonchev–Trinajstić information content (AvgIpc) is 2.78. The highest BCUT2D eigenvalue weighted by Gasteiger charge is 2.17. The first-order valence-electron chi connectivity index (χ1n) is 10.7. The van der Waals surface area contributed by atoms with Crippen LogP contribution in [0.5, 0.6) is 11.5 Å².